The predicted molar refractivity (Wildman–Crippen MR) is 88.1 cm³/mol. The zero-order chi connectivity index (χ0) is 16.2. The largest absolute Gasteiger partial charge is 0.388 e. The molecule has 1 saturated heterocycles. The Morgan fingerprint density at radius 1 is 1.39 bits per heavy atom. The lowest BCUT2D eigenvalue weighted by Gasteiger charge is -2.33. The summed E-state index contributed by atoms with van der Waals surface area (Å²) in [6.45, 7) is 1.39. The molecule has 23 heavy (non-hydrogen) atoms. The minimum atomic E-state index is -0.801. The molecule has 2 unspecified atom stereocenters. The molecule has 5 nitrogen and oxygen atoms in total. The smallest absolute Gasteiger partial charge is 0.225 e. The Hall–Kier alpha value is -1.85. The number of carbonyl (C=O) groups excluding carboxylic acids is 1. The van der Waals surface area contributed by atoms with Crippen LogP contribution in [0.1, 0.15) is 37.0 Å². The van der Waals surface area contributed by atoms with Gasteiger partial charge in [-0.1, -0.05) is 23.7 Å². The van der Waals surface area contributed by atoms with Gasteiger partial charge in [0.1, 0.15) is 0 Å². The fourth-order valence-corrected chi connectivity index (χ4v) is 3.12. The number of nitrogens with zero attached hydrogens (tertiary/aromatic N) is 3. The SMILES string of the molecule is O=C(CC(O)c1ccc(Cl)cc1)N1CCCC(n2cccn2)C1. The maximum absolute atomic E-state index is 12.5. The molecule has 2 heterocycles. The molecule has 1 amide bonds. The lowest BCUT2D eigenvalue weighted by atomic mass is 10.0. The van der Waals surface area contributed by atoms with E-state index in [2.05, 4.69) is 5.10 Å². The van der Waals surface area contributed by atoms with Crippen molar-refractivity contribution in [2.24, 2.45) is 0 Å². The van der Waals surface area contributed by atoms with Crippen LogP contribution in [0.25, 0.3) is 0 Å². The number of aromatic nitrogens is 2. The number of hydrogen-bond donors (Lipinski definition) is 1. The molecule has 6 heteroatoms. The maximum atomic E-state index is 12.5. The lowest BCUT2D eigenvalue weighted by molar-refractivity contribution is -0.135. The fourth-order valence-electron chi connectivity index (χ4n) is 2.99. The predicted octanol–water partition coefficient (Wildman–Crippen LogP) is 2.82. The van der Waals surface area contributed by atoms with E-state index in [1.807, 2.05) is 21.8 Å². The highest BCUT2D eigenvalue weighted by atomic mass is 35.5. The summed E-state index contributed by atoms with van der Waals surface area (Å²) in [5.41, 5.74) is 0.711. The van der Waals surface area contributed by atoms with Gasteiger partial charge in [0.15, 0.2) is 0 Å². The standard InChI is InChI=1S/C17H20ClN3O2/c18-14-6-4-13(5-7-14)16(22)11-17(23)20-9-1-3-15(12-20)21-10-2-8-19-21/h2,4-8,10,15-16,22H,1,3,9,11-12H2. The minimum absolute atomic E-state index is 0.0238. The monoisotopic (exact) mass is 333 g/mol. The van der Waals surface area contributed by atoms with E-state index in [-0.39, 0.29) is 18.4 Å². The van der Waals surface area contributed by atoms with Crippen molar-refractivity contribution in [1.29, 1.82) is 0 Å². The second kappa shape index (κ2) is 7.15. The van der Waals surface area contributed by atoms with Gasteiger partial charge in [-0.2, -0.15) is 5.10 Å². The number of halogens is 1. The van der Waals surface area contributed by atoms with Crippen molar-refractivity contribution in [1.82, 2.24) is 14.7 Å². The van der Waals surface area contributed by atoms with Crippen LogP contribution < -0.4 is 0 Å². The van der Waals surface area contributed by atoms with Crippen LogP contribution in [0, 0.1) is 0 Å². The van der Waals surface area contributed by atoms with E-state index in [0.717, 1.165) is 19.4 Å². The van der Waals surface area contributed by atoms with Crippen molar-refractivity contribution in [3.05, 3.63) is 53.3 Å². The summed E-state index contributed by atoms with van der Waals surface area (Å²) in [5, 5.41) is 15.1. The van der Waals surface area contributed by atoms with Gasteiger partial charge in [-0.15, -0.1) is 0 Å². The molecule has 0 aliphatic carbocycles. The number of carbonyl (C=O) groups is 1. The van der Waals surface area contributed by atoms with E-state index < -0.39 is 6.10 Å². The third kappa shape index (κ3) is 3.92. The Bertz CT molecular complexity index is 642. The Labute approximate surface area is 140 Å². The summed E-state index contributed by atoms with van der Waals surface area (Å²) in [4.78, 5) is 14.3. The Balaban J connectivity index is 1.60. The highest BCUT2D eigenvalue weighted by molar-refractivity contribution is 6.30. The van der Waals surface area contributed by atoms with Crippen LogP contribution in [0.2, 0.25) is 5.02 Å². The van der Waals surface area contributed by atoms with E-state index >= 15 is 0 Å². The molecular weight excluding hydrogens is 314 g/mol. The Kier molecular flexibility index (Phi) is 4.98. The minimum Gasteiger partial charge on any atom is -0.388 e. The van der Waals surface area contributed by atoms with Gasteiger partial charge in [-0.25, -0.2) is 0 Å². The molecule has 1 aliphatic rings. The van der Waals surface area contributed by atoms with Crippen LogP contribution in [-0.2, 0) is 4.79 Å². The highest BCUT2D eigenvalue weighted by Crippen LogP contribution is 2.24. The van der Waals surface area contributed by atoms with E-state index in [1.54, 1.807) is 30.5 Å². The molecule has 1 aromatic carbocycles. The summed E-state index contributed by atoms with van der Waals surface area (Å²) < 4.78 is 1.91. The molecule has 1 aliphatic heterocycles. The number of rotatable bonds is 4. The van der Waals surface area contributed by atoms with Crippen molar-refractivity contribution in [2.75, 3.05) is 13.1 Å². The summed E-state index contributed by atoms with van der Waals surface area (Å²) >= 11 is 5.84. The summed E-state index contributed by atoms with van der Waals surface area (Å²) in [5.74, 6) is -0.0238. The first-order valence-electron chi connectivity index (χ1n) is 7.84. The molecule has 122 valence electrons. The number of aliphatic hydroxyl groups excluding tert-OH is 1. The van der Waals surface area contributed by atoms with Crippen molar-refractivity contribution in [2.45, 2.75) is 31.4 Å². The molecule has 2 aromatic rings. The molecule has 0 saturated carbocycles. The molecular formula is C17H20ClN3O2. The first-order chi connectivity index (χ1) is 11.1. The molecule has 1 aromatic heterocycles. The van der Waals surface area contributed by atoms with Crippen LogP contribution in [0.3, 0.4) is 0 Å². The molecule has 2 atom stereocenters. The number of likely N-dealkylation sites (tertiary alicyclic amines) is 1. The van der Waals surface area contributed by atoms with Gasteiger partial charge < -0.3 is 10.0 Å². The third-order valence-corrected chi connectivity index (χ3v) is 4.52. The molecule has 0 bridgehead atoms. The van der Waals surface area contributed by atoms with Gasteiger partial charge in [-0.05, 0) is 36.6 Å². The number of aliphatic hydroxyl groups is 1. The van der Waals surface area contributed by atoms with Crippen molar-refractivity contribution < 1.29 is 9.90 Å². The first-order valence-corrected chi connectivity index (χ1v) is 8.21. The summed E-state index contributed by atoms with van der Waals surface area (Å²) in [7, 11) is 0. The number of benzene rings is 1. The Morgan fingerprint density at radius 2 is 2.17 bits per heavy atom. The van der Waals surface area contributed by atoms with Gasteiger partial charge in [-0.3, -0.25) is 9.48 Å². The average Bonchev–Trinajstić information content (AvgIpc) is 3.10. The van der Waals surface area contributed by atoms with Crippen LogP contribution >= 0.6 is 11.6 Å². The third-order valence-electron chi connectivity index (χ3n) is 4.27. The van der Waals surface area contributed by atoms with E-state index in [4.69, 9.17) is 11.6 Å². The van der Waals surface area contributed by atoms with Gasteiger partial charge in [0, 0.05) is 30.5 Å². The van der Waals surface area contributed by atoms with Crippen molar-refractivity contribution >= 4 is 17.5 Å². The normalized spacial score (nSPS) is 19.6. The van der Waals surface area contributed by atoms with E-state index in [9.17, 15) is 9.90 Å². The quantitative estimate of drug-likeness (QED) is 0.936. The van der Waals surface area contributed by atoms with Gasteiger partial charge >= 0.3 is 0 Å². The number of hydrogen-bond acceptors (Lipinski definition) is 3. The molecule has 0 spiro atoms. The van der Waals surface area contributed by atoms with Gasteiger partial charge in [0.25, 0.3) is 0 Å². The summed E-state index contributed by atoms with van der Waals surface area (Å²) in [6, 6.07) is 9.06. The molecule has 1 fully saturated rings. The van der Waals surface area contributed by atoms with E-state index in [0.29, 0.717) is 17.1 Å². The lowest BCUT2D eigenvalue weighted by Crippen LogP contribution is -2.41. The zero-order valence-corrected chi connectivity index (χ0v) is 13.6. The average molecular weight is 334 g/mol. The summed E-state index contributed by atoms with van der Waals surface area (Å²) in [6.07, 6.45) is 4.95. The second-order valence-corrected chi connectivity index (χ2v) is 6.33. The van der Waals surface area contributed by atoms with Crippen molar-refractivity contribution in [3.63, 3.8) is 0 Å². The Morgan fingerprint density at radius 3 is 2.87 bits per heavy atom. The highest BCUT2D eigenvalue weighted by Gasteiger charge is 2.26. The van der Waals surface area contributed by atoms with Crippen LogP contribution in [-0.4, -0.2) is 38.8 Å². The maximum Gasteiger partial charge on any atom is 0.225 e. The number of piperidine rings is 1. The molecule has 3 rings (SSSR count). The molecule has 1 N–H and O–H groups in total. The van der Waals surface area contributed by atoms with Crippen LogP contribution in [0.5, 0.6) is 0 Å². The number of amides is 1. The van der Waals surface area contributed by atoms with Crippen LogP contribution in [0.4, 0.5) is 0 Å². The topological polar surface area (TPSA) is 58.4 Å². The van der Waals surface area contributed by atoms with Crippen LogP contribution in [0.15, 0.2) is 42.7 Å². The fraction of sp³-hybridized carbons (Fsp3) is 0.412. The second-order valence-electron chi connectivity index (χ2n) is 5.89. The molecule has 0 radical (unpaired) electrons. The first kappa shape index (κ1) is 16.0. The van der Waals surface area contributed by atoms with E-state index in [1.165, 1.54) is 0 Å². The zero-order valence-electron chi connectivity index (χ0n) is 12.8. The van der Waals surface area contributed by atoms with Crippen molar-refractivity contribution in [3.8, 4) is 0 Å². The van der Waals surface area contributed by atoms with Gasteiger partial charge in [0.2, 0.25) is 5.91 Å². The van der Waals surface area contributed by atoms with Gasteiger partial charge in [0.05, 0.1) is 18.6 Å².